The largest absolute Gasteiger partial charge is 0.497 e. The van der Waals surface area contributed by atoms with Gasteiger partial charge in [-0.1, -0.05) is 18.2 Å². The Kier molecular flexibility index (Phi) is 4.28. The van der Waals surface area contributed by atoms with Crippen molar-refractivity contribution in [3.8, 4) is 11.5 Å². The van der Waals surface area contributed by atoms with Crippen LogP contribution in [0, 0.1) is 6.92 Å². The summed E-state index contributed by atoms with van der Waals surface area (Å²) in [7, 11) is 1.67. The number of nitrogens with zero attached hydrogens (tertiary/aromatic N) is 1. The van der Waals surface area contributed by atoms with E-state index in [9.17, 15) is 0 Å². The summed E-state index contributed by atoms with van der Waals surface area (Å²) in [5, 5.41) is 1.27. The van der Waals surface area contributed by atoms with Crippen LogP contribution in [0.1, 0.15) is 31.0 Å². The summed E-state index contributed by atoms with van der Waals surface area (Å²) in [5.74, 6) is 1.69. The van der Waals surface area contributed by atoms with E-state index >= 15 is 0 Å². The van der Waals surface area contributed by atoms with Crippen LogP contribution in [-0.2, 0) is 6.61 Å². The maximum Gasteiger partial charge on any atom is 0.120 e. The topological polar surface area (TPSA) is 23.4 Å². The molecule has 0 fully saturated rings. The molecular formula is C20H23NO2. The molecule has 0 atom stereocenters. The SMILES string of the molecule is COc1ccc(OCc2cn(C(C)C)c3c(C)cccc23)cc1. The van der Waals surface area contributed by atoms with E-state index in [1.54, 1.807) is 7.11 Å². The number of rotatable bonds is 5. The highest BCUT2D eigenvalue weighted by atomic mass is 16.5. The van der Waals surface area contributed by atoms with E-state index in [1.165, 1.54) is 22.0 Å². The molecule has 0 aliphatic heterocycles. The fraction of sp³-hybridized carbons (Fsp3) is 0.300. The molecule has 0 unspecified atom stereocenters. The van der Waals surface area contributed by atoms with Crippen molar-refractivity contribution in [2.75, 3.05) is 7.11 Å². The molecule has 0 spiro atoms. The van der Waals surface area contributed by atoms with Crippen molar-refractivity contribution in [3.05, 3.63) is 59.8 Å². The summed E-state index contributed by atoms with van der Waals surface area (Å²) < 4.78 is 13.5. The highest BCUT2D eigenvalue weighted by Gasteiger charge is 2.12. The molecule has 3 rings (SSSR count). The van der Waals surface area contributed by atoms with Crippen molar-refractivity contribution in [3.63, 3.8) is 0 Å². The summed E-state index contributed by atoms with van der Waals surface area (Å²) in [6.07, 6.45) is 2.21. The van der Waals surface area contributed by atoms with Crippen LogP contribution in [0.3, 0.4) is 0 Å². The Hall–Kier alpha value is -2.42. The molecule has 3 aromatic rings. The van der Waals surface area contributed by atoms with Gasteiger partial charge >= 0.3 is 0 Å². The van der Waals surface area contributed by atoms with Crippen LogP contribution in [0.25, 0.3) is 10.9 Å². The molecule has 0 amide bonds. The third-order valence-electron chi connectivity index (χ3n) is 4.15. The van der Waals surface area contributed by atoms with E-state index in [4.69, 9.17) is 9.47 Å². The first-order chi connectivity index (χ1) is 11.1. The van der Waals surface area contributed by atoms with E-state index < -0.39 is 0 Å². The van der Waals surface area contributed by atoms with Crippen molar-refractivity contribution in [1.82, 2.24) is 4.57 Å². The van der Waals surface area contributed by atoms with Gasteiger partial charge in [0.05, 0.1) is 12.6 Å². The molecular weight excluding hydrogens is 286 g/mol. The molecule has 2 aromatic carbocycles. The van der Waals surface area contributed by atoms with Crippen LogP contribution in [0.15, 0.2) is 48.7 Å². The Balaban J connectivity index is 1.89. The summed E-state index contributed by atoms with van der Waals surface area (Å²) >= 11 is 0. The number of methoxy groups -OCH3 is 1. The summed E-state index contributed by atoms with van der Waals surface area (Å²) in [5.41, 5.74) is 3.82. The van der Waals surface area contributed by atoms with Gasteiger partial charge in [0.15, 0.2) is 0 Å². The zero-order valence-corrected chi connectivity index (χ0v) is 14.2. The zero-order valence-electron chi connectivity index (χ0n) is 14.2. The molecule has 3 nitrogen and oxygen atoms in total. The third-order valence-corrected chi connectivity index (χ3v) is 4.15. The van der Waals surface area contributed by atoms with Crippen LogP contribution in [0.4, 0.5) is 0 Å². The van der Waals surface area contributed by atoms with Gasteiger partial charge in [-0.3, -0.25) is 0 Å². The van der Waals surface area contributed by atoms with E-state index in [0.717, 1.165) is 11.5 Å². The smallest absolute Gasteiger partial charge is 0.120 e. The molecule has 1 heterocycles. The second kappa shape index (κ2) is 6.37. The van der Waals surface area contributed by atoms with Gasteiger partial charge in [-0.05, 0) is 50.6 Å². The molecule has 0 saturated heterocycles. The molecule has 120 valence electrons. The Bertz CT molecular complexity index is 800. The minimum Gasteiger partial charge on any atom is -0.497 e. The summed E-state index contributed by atoms with van der Waals surface area (Å²) in [4.78, 5) is 0. The first-order valence-corrected chi connectivity index (χ1v) is 7.96. The van der Waals surface area contributed by atoms with Crippen LogP contribution in [-0.4, -0.2) is 11.7 Å². The minimum absolute atomic E-state index is 0.424. The molecule has 0 saturated carbocycles. The van der Waals surface area contributed by atoms with Crippen molar-refractivity contribution < 1.29 is 9.47 Å². The second-order valence-electron chi connectivity index (χ2n) is 6.09. The van der Waals surface area contributed by atoms with Gasteiger partial charge in [0, 0.05) is 23.2 Å². The van der Waals surface area contributed by atoms with Crippen molar-refractivity contribution >= 4 is 10.9 Å². The van der Waals surface area contributed by atoms with E-state index in [2.05, 4.69) is 49.7 Å². The maximum atomic E-state index is 5.96. The Morgan fingerprint density at radius 1 is 1.00 bits per heavy atom. The van der Waals surface area contributed by atoms with Crippen molar-refractivity contribution in [2.45, 2.75) is 33.4 Å². The molecule has 0 N–H and O–H groups in total. The molecule has 0 aliphatic rings. The van der Waals surface area contributed by atoms with E-state index in [0.29, 0.717) is 12.6 Å². The van der Waals surface area contributed by atoms with Gasteiger partial charge in [0.1, 0.15) is 18.1 Å². The normalized spacial score (nSPS) is 11.2. The number of hydrogen-bond acceptors (Lipinski definition) is 2. The average molecular weight is 309 g/mol. The molecule has 3 heteroatoms. The Morgan fingerprint density at radius 3 is 2.35 bits per heavy atom. The number of fused-ring (bicyclic) bond motifs is 1. The number of aryl methyl sites for hydroxylation is 1. The van der Waals surface area contributed by atoms with Crippen LogP contribution in [0.5, 0.6) is 11.5 Å². The number of para-hydroxylation sites is 1. The van der Waals surface area contributed by atoms with E-state index in [1.807, 2.05) is 24.3 Å². The van der Waals surface area contributed by atoms with Crippen LogP contribution < -0.4 is 9.47 Å². The number of benzene rings is 2. The predicted molar refractivity (Wildman–Crippen MR) is 94.4 cm³/mol. The van der Waals surface area contributed by atoms with Gasteiger partial charge in [-0.2, -0.15) is 0 Å². The standard InChI is InChI=1S/C20H23NO2/c1-14(2)21-12-16(19-7-5-6-15(3)20(19)21)13-23-18-10-8-17(22-4)9-11-18/h5-12,14H,13H2,1-4H3. The first kappa shape index (κ1) is 15.5. The third kappa shape index (κ3) is 3.04. The minimum atomic E-state index is 0.424. The molecule has 0 bridgehead atoms. The second-order valence-corrected chi connectivity index (χ2v) is 6.09. The molecule has 0 radical (unpaired) electrons. The molecule has 0 aliphatic carbocycles. The number of aromatic nitrogens is 1. The van der Waals surface area contributed by atoms with Gasteiger partial charge in [0.25, 0.3) is 0 Å². The highest BCUT2D eigenvalue weighted by Crippen LogP contribution is 2.28. The molecule has 1 aromatic heterocycles. The van der Waals surface area contributed by atoms with Gasteiger partial charge in [-0.15, -0.1) is 0 Å². The maximum absolute atomic E-state index is 5.96. The van der Waals surface area contributed by atoms with Gasteiger partial charge in [0.2, 0.25) is 0 Å². The Morgan fingerprint density at radius 2 is 1.70 bits per heavy atom. The Labute approximate surface area is 137 Å². The summed E-state index contributed by atoms with van der Waals surface area (Å²) in [6, 6.07) is 14.6. The highest BCUT2D eigenvalue weighted by molar-refractivity contribution is 5.86. The fourth-order valence-electron chi connectivity index (χ4n) is 2.92. The fourth-order valence-corrected chi connectivity index (χ4v) is 2.92. The molecule has 23 heavy (non-hydrogen) atoms. The predicted octanol–water partition coefficient (Wildman–Crippen LogP) is 5.12. The van der Waals surface area contributed by atoms with Crippen LogP contribution in [0.2, 0.25) is 0 Å². The lowest BCUT2D eigenvalue weighted by molar-refractivity contribution is 0.306. The summed E-state index contributed by atoms with van der Waals surface area (Å²) in [6.45, 7) is 7.14. The lowest BCUT2D eigenvalue weighted by Crippen LogP contribution is -1.99. The lowest BCUT2D eigenvalue weighted by atomic mass is 10.1. The van der Waals surface area contributed by atoms with Gasteiger partial charge < -0.3 is 14.0 Å². The van der Waals surface area contributed by atoms with Crippen LogP contribution >= 0.6 is 0 Å². The average Bonchev–Trinajstić information content (AvgIpc) is 2.94. The monoisotopic (exact) mass is 309 g/mol. The van der Waals surface area contributed by atoms with Crippen molar-refractivity contribution in [1.29, 1.82) is 0 Å². The van der Waals surface area contributed by atoms with E-state index in [-0.39, 0.29) is 0 Å². The zero-order chi connectivity index (χ0) is 16.4. The number of ether oxygens (including phenoxy) is 2. The number of hydrogen-bond donors (Lipinski definition) is 0. The lowest BCUT2D eigenvalue weighted by Gasteiger charge is -2.10. The van der Waals surface area contributed by atoms with Crippen molar-refractivity contribution in [2.24, 2.45) is 0 Å². The van der Waals surface area contributed by atoms with Gasteiger partial charge in [-0.25, -0.2) is 0 Å². The first-order valence-electron chi connectivity index (χ1n) is 7.96. The quantitative estimate of drug-likeness (QED) is 0.653.